The Morgan fingerprint density at radius 1 is 0.971 bits per heavy atom. The molecule has 0 bridgehead atoms. The van der Waals surface area contributed by atoms with Crippen LogP contribution >= 0.6 is 23.5 Å². The molecule has 1 rings (SSSR count). The Balaban J connectivity index is 3.01. The molecule has 196 valence electrons. The van der Waals surface area contributed by atoms with Crippen LogP contribution in [0.3, 0.4) is 0 Å². The van der Waals surface area contributed by atoms with Crippen molar-refractivity contribution >= 4 is 53.1 Å². The minimum atomic E-state index is -1.44. The topological polar surface area (TPSA) is 222 Å². The standard InChI is InChI=1S/C20H33N7O6S2/c1-34-5-3-12(21)17(29)26-14(7-11-9-23-10-24-11)18(30)27-15(8-16(22)28)19(31)25-13(20(32)33)4-6-35-2/h9-10,12-15H,3-8,21H2,1-2H3,(H2,22,28)(H,23,24)(H,25,31)(H,26,29)(H,27,30)(H,32,33). The molecule has 0 spiro atoms. The van der Waals surface area contributed by atoms with Crippen LogP contribution in [-0.4, -0.2) is 92.9 Å². The van der Waals surface area contributed by atoms with Crippen molar-refractivity contribution in [1.82, 2.24) is 25.9 Å². The lowest BCUT2D eigenvalue weighted by atomic mass is 10.1. The second kappa shape index (κ2) is 16.0. The maximum absolute atomic E-state index is 13.1. The van der Waals surface area contributed by atoms with E-state index in [1.165, 1.54) is 36.0 Å². The lowest BCUT2D eigenvalue weighted by Gasteiger charge is -2.24. The number of nitrogens with zero attached hydrogens (tertiary/aromatic N) is 1. The number of carbonyl (C=O) groups excluding carboxylic acids is 4. The van der Waals surface area contributed by atoms with E-state index in [2.05, 4.69) is 25.9 Å². The molecule has 1 aromatic heterocycles. The van der Waals surface area contributed by atoms with Gasteiger partial charge in [-0.05, 0) is 36.9 Å². The summed E-state index contributed by atoms with van der Waals surface area (Å²) in [6, 6.07) is -4.66. The number of aromatic nitrogens is 2. The number of hydrogen-bond acceptors (Lipinski definition) is 9. The highest BCUT2D eigenvalue weighted by Crippen LogP contribution is 2.06. The first-order valence-electron chi connectivity index (χ1n) is 10.7. The summed E-state index contributed by atoms with van der Waals surface area (Å²) in [5.74, 6) is -3.23. The maximum Gasteiger partial charge on any atom is 0.326 e. The van der Waals surface area contributed by atoms with Crippen LogP contribution in [0.2, 0.25) is 0 Å². The van der Waals surface area contributed by atoms with E-state index < -0.39 is 60.2 Å². The van der Waals surface area contributed by atoms with Crippen molar-refractivity contribution in [3.63, 3.8) is 0 Å². The highest BCUT2D eigenvalue weighted by atomic mass is 32.2. The summed E-state index contributed by atoms with van der Waals surface area (Å²) >= 11 is 2.93. The third-order valence-electron chi connectivity index (χ3n) is 4.85. The minimum Gasteiger partial charge on any atom is -0.480 e. The fraction of sp³-hybridized carbons (Fsp3) is 0.600. The predicted molar refractivity (Wildman–Crippen MR) is 134 cm³/mol. The normalized spacial score (nSPS) is 14.3. The zero-order chi connectivity index (χ0) is 26.4. The SMILES string of the molecule is CSCCC(N)C(=O)NC(Cc1cnc[nH]1)C(=O)NC(CC(N)=O)C(=O)NC(CCSC)C(=O)O. The van der Waals surface area contributed by atoms with Gasteiger partial charge in [-0.3, -0.25) is 19.2 Å². The first-order valence-corrected chi connectivity index (χ1v) is 13.5. The number of thioether (sulfide) groups is 2. The van der Waals surface area contributed by atoms with Gasteiger partial charge in [0.15, 0.2) is 0 Å². The third-order valence-corrected chi connectivity index (χ3v) is 6.13. The van der Waals surface area contributed by atoms with Crippen molar-refractivity contribution in [1.29, 1.82) is 0 Å². The highest BCUT2D eigenvalue weighted by molar-refractivity contribution is 7.98. The van der Waals surface area contributed by atoms with E-state index >= 15 is 0 Å². The quantitative estimate of drug-likeness (QED) is 0.119. The van der Waals surface area contributed by atoms with Crippen molar-refractivity contribution < 1.29 is 29.1 Å². The Bertz CT molecular complexity index is 855. The van der Waals surface area contributed by atoms with Crippen molar-refractivity contribution in [3.05, 3.63) is 18.2 Å². The van der Waals surface area contributed by atoms with E-state index in [0.29, 0.717) is 23.6 Å². The smallest absolute Gasteiger partial charge is 0.326 e. The van der Waals surface area contributed by atoms with E-state index in [1.54, 1.807) is 6.26 Å². The fourth-order valence-electron chi connectivity index (χ4n) is 2.93. The van der Waals surface area contributed by atoms with Crippen LogP contribution in [0.15, 0.2) is 12.5 Å². The molecule has 0 saturated carbocycles. The van der Waals surface area contributed by atoms with Crippen molar-refractivity contribution in [2.45, 2.75) is 49.9 Å². The number of aliphatic carboxylic acids is 1. The molecule has 0 aliphatic rings. The van der Waals surface area contributed by atoms with E-state index in [0.717, 1.165) is 0 Å². The van der Waals surface area contributed by atoms with Gasteiger partial charge >= 0.3 is 5.97 Å². The molecule has 0 aliphatic heterocycles. The van der Waals surface area contributed by atoms with Gasteiger partial charge in [0.1, 0.15) is 18.1 Å². The Morgan fingerprint density at radius 2 is 1.54 bits per heavy atom. The number of primary amides is 1. The molecule has 9 N–H and O–H groups in total. The molecular weight excluding hydrogens is 498 g/mol. The zero-order valence-electron chi connectivity index (χ0n) is 19.6. The molecule has 13 nitrogen and oxygen atoms in total. The number of imidazole rings is 1. The zero-order valence-corrected chi connectivity index (χ0v) is 21.2. The Morgan fingerprint density at radius 3 is 2.09 bits per heavy atom. The van der Waals surface area contributed by atoms with E-state index in [4.69, 9.17) is 11.5 Å². The van der Waals surface area contributed by atoms with E-state index in [-0.39, 0.29) is 12.8 Å². The molecular formula is C20H33N7O6S2. The number of carbonyl (C=O) groups is 5. The second-order valence-electron chi connectivity index (χ2n) is 7.64. The number of carboxylic acids is 1. The Kier molecular flexibility index (Phi) is 13.8. The van der Waals surface area contributed by atoms with Crippen molar-refractivity contribution in [2.75, 3.05) is 24.0 Å². The predicted octanol–water partition coefficient (Wildman–Crippen LogP) is -1.80. The van der Waals surface area contributed by atoms with Gasteiger partial charge in [-0.15, -0.1) is 0 Å². The summed E-state index contributed by atoms with van der Waals surface area (Å²) in [5, 5.41) is 16.7. The van der Waals surface area contributed by atoms with Gasteiger partial charge in [0.05, 0.1) is 18.8 Å². The molecule has 1 aromatic rings. The minimum absolute atomic E-state index is 0.00318. The second-order valence-corrected chi connectivity index (χ2v) is 9.61. The molecule has 0 saturated heterocycles. The number of amides is 4. The third kappa shape index (κ3) is 11.5. The number of nitrogens with two attached hydrogens (primary N) is 2. The summed E-state index contributed by atoms with van der Waals surface area (Å²) in [6.45, 7) is 0. The van der Waals surface area contributed by atoms with Crippen LogP contribution in [0.4, 0.5) is 0 Å². The summed E-state index contributed by atoms with van der Waals surface area (Å²) in [6.07, 6.45) is 6.51. The van der Waals surface area contributed by atoms with Crippen LogP contribution in [0.1, 0.15) is 25.0 Å². The van der Waals surface area contributed by atoms with Gasteiger partial charge in [0, 0.05) is 18.3 Å². The van der Waals surface area contributed by atoms with Gasteiger partial charge in [0.25, 0.3) is 0 Å². The average molecular weight is 532 g/mol. The van der Waals surface area contributed by atoms with Gasteiger partial charge in [-0.1, -0.05) is 0 Å². The number of rotatable bonds is 17. The summed E-state index contributed by atoms with van der Waals surface area (Å²) in [7, 11) is 0. The molecule has 35 heavy (non-hydrogen) atoms. The van der Waals surface area contributed by atoms with Gasteiger partial charge < -0.3 is 37.5 Å². The first kappa shape index (κ1) is 30.3. The number of hydrogen-bond donors (Lipinski definition) is 7. The largest absolute Gasteiger partial charge is 0.480 e. The fourth-order valence-corrected chi connectivity index (χ4v) is 3.89. The monoisotopic (exact) mass is 531 g/mol. The average Bonchev–Trinajstić information content (AvgIpc) is 3.31. The van der Waals surface area contributed by atoms with Gasteiger partial charge in [-0.25, -0.2) is 9.78 Å². The summed E-state index contributed by atoms with van der Waals surface area (Å²) in [4.78, 5) is 68.1. The molecule has 4 atom stereocenters. The molecule has 0 radical (unpaired) electrons. The van der Waals surface area contributed by atoms with Crippen molar-refractivity contribution in [3.8, 4) is 0 Å². The van der Waals surface area contributed by atoms with Crippen LogP contribution in [-0.2, 0) is 30.4 Å². The number of carboxylic acid groups (broad SMARTS) is 1. The molecule has 0 aliphatic carbocycles. The highest BCUT2D eigenvalue weighted by Gasteiger charge is 2.31. The van der Waals surface area contributed by atoms with Gasteiger partial charge in [-0.2, -0.15) is 23.5 Å². The molecule has 0 fully saturated rings. The summed E-state index contributed by atoms with van der Waals surface area (Å²) < 4.78 is 0. The van der Waals surface area contributed by atoms with E-state index in [1.807, 2.05) is 6.26 Å². The lowest BCUT2D eigenvalue weighted by molar-refractivity contribution is -0.142. The number of aromatic amines is 1. The molecule has 15 heteroatoms. The molecule has 4 amide bonds. The molecule has 0 aromatic carbocycles. The maximum atomic E-state index is 13.1. The van der Waals surface area contributed by atoms with Crippen LogP contribution in [0.5, 0.6) is 0 Å². The Labute approximate surface area is 211 Å². The first-order chi connectivity index (χ1) is 16.6. The number of H-pyrrole nitrogens is 1. The molecule has 4 unspecified atom stereocenters. The lowest BCUT2D eigenvalue weighted by Crippen LogP contribution is -2.58. The van der Waals surface area contributed by atoms with Gasteiger partial charge in [0.2, 0.25) is 23.6 Å². The van der Waals surface area contributed by atoms with Crippen LogP contribution in [0.25, 0.3) is 0 Å². The van der Waals surface area contributed by atoms with Crippen LogP contribution < -0.4 is 27.4 Å². The summed E-state index contributed by atoms with van der Waals surface area (Å²) in [5.41, 5.74) is 11.7. The molecule has 1 heterocycles. The number of nitrogens with one attached hydrogen (secondary N) is 4. The van der Waals surface area contributed by atoms with Crippen molar-refractivity contribution in [2.24, 2.45) is 11.5 Å². The van der Waals surface area contributed by atoms with E-state index in [9.17, 15) is 29.1 Å². The van der Waals surface area contributed by atoms with Crippen LogP contribution in [0, 0.1) is 0 Å². The Hall–Kier alpha value is -2.78.